The van der Waals surface area contributed by atoms with Crippen molar-refractivity contribution in [2.24, 2.45) is 11.3 Å². The number of nitrogens with zero attached hydrogens (tertiary/aromatic N) is 3. The molecule has 0 radical (unpaired) electrons. The monoisotopic (exact) mass is 387 g/mol. The van der Waals surface area contributed by atoms with Crippen LogP contribution in [-0.4, -0.2) is 60.1 Å². The highest BCUT2D eigenvalue weighted by molar-refractivity contribution is 7.97. The van der Waals surface area contributed by atoms with Crippen molar-refractivity contribution in [1.29, 1.82) is 0 Å². The first-order valence-electron chi connectivity index (χ1n) is 9.01. The van der Waals surface area contributed by atoms with Crippen LogP contribution >= 0.6 is 11.9 Å². The van der Waals surface area contributed by atoms with Crippen LogP contribution in [0.4, 0.5) is 13.2 Å². The van der Waals surface area contributed by atoms with Crippen LogP contribution in [0.1, 0.15) is 24.2 Å². The molecule has 0 bridgehead atoms. The summed E-state index contributed by atoms with van der Waals surface area (Å²) in [6.45, 7) is 6.83. The zero-order valence-corrected chi connectivity index (χ0v) is 15.9. The van der Waals surface area contributed by atoms with Gasteiger partial charge in [-0.1, -0.05) is 0 Å². The molecule has 1 saturated carbocycles. The molecule has 144 valence electrons. The molecule has 0 amide bonds. The van der Waals surface area contributed by atoms with E-state index < -0.39 is 11.9 Å². The fraction of sp³-hybridized carbons (Fsp3) is 0.722. The molecule has 8 heteroatoms. The number of alkyl halides is 3. The lowest BCUT2D eigenvalue weighted by atomic mass is 9.74. The molecule has 2 saturated heterocycles. The average molecular weight is 387 g/mol. The molecule has 4 rings (SSSR count). The second-order valence-corrected chi connectivity index (χ2v) is 9.09. The summed E-state index contributed by atoms with van der Waals surface area (Å²) in [4.78, 5) is 6.98. The fourth-order valence-electron chi connectivity index (χ4n) is 4.08. The van der Waals surface area contributed by atoms with Crippen molar-refractivity contribution in [3.63, 3.8) is 0 Å². The number of pyridine rings is 1. The second-order valence-electron chi connectivity index (χ2n) is 7.95. The summed E-state index contributed by atoms with van der Waals surface area (Å²) in [5, 5.41) is 0. The lowest BCUT2D eigenvalue weighted by Gasteiger charge is -2.60. The summed E-state index contributed by atoms with van der Waals surface area (Å²) >= 11 is 1.52. The van der Waals surface area contributed by atoms with Crippen LogP contribution in [0.2, 0.25) is 0 Å². The number of rotatable bonds is 6. The molecule has 26 heavy (non-hydrogen) atoms. The van der Waals surface area contributed by atoms with Crippen molar-refractivity contribution in [2.45, 2.75) is 36.9 Å². The Hall–Kier alpha value is -0.830. The molecule has 0 N–H and O–H groups in total. The molecule has 0 aromatic carbocycles. The van der Waals surface area contributed by atoms with E-state index in [-0.39, 0.29) is 0 Å². The van der Waals surface area contributed by atoms with Gasteiger partial charge in [0.05, 0.1) is 11.8 Å². The number of ether oxygens (including phenoxy) is 1. The van der Waals surface area contributed by atoms with Gasteiger partial charge in [0, 0.05) is 50.1 Å². The highest BCUT2D eigenvalue weighted by Gasteiger charge is 2.52. The Morgan fingerprint density at radius 2 is 1.96 bits per heavy atom. The number of likely N-dealkylation sites (tertiary alicyclic amines) is 1. The highest BCUT2D eigenvalue weighted by atomic mass is 32.2. The Morgan fingerprint density at radius 3 is 2.50 bits per heavy atom. The molecule has 3 aliphatic rings. The van der Waals surface area contributed by atoms with Crippen LogP contribution in [-0.2, 0) is 10.9 Å². The Kier molecular flexibility index (Phi) is 4.74. The number of halogens is 3. The lowest BCUT2D eigenvalue weighted by Crippen LogP contribution is -2.71. The normalized spacial score (nSPS) is 24.3. The minimum Gasteiger partial charge on any atom is -0.380 e. The van der Waals surface area contributed by atoms with E-state index in [9.17, 15) is 13.2 Å². The van der Waals surface area contributed by atoms with Crippen LogP contribution in [0.15, 0.2) is 17.0 Å². The first-order chi connectivity index (χ1) is 12.3. The summed E-state index contributed by atoms with van der Waals surface area (Å²) in [5.74, 6) is 0.750. The molecule has 1 spiro atoms. The summed E-state index contributed by atoms with van der Waals surface area (Å²) < 4.78 is 46.0. The van der Waals surface area contributed by atoms with Crippen LogP contribution in [0.3, 0.4) is 0 Å². The van der Waals surface area contributed by atoms with Crippen molar-refractivity contribution < 1.29 is 17.9 Å². The second kappa shape index (κ2) is 6.65. The predicted molar refractivity (Wildman–Crippen MR) is 93.8 cm³/mol. The number of aryl methyl sites for hydroxylation is 1. The molecule has 2 aliphatic heterocycles. The topological polar surface area (TPSA) is 28.6 Å². The Bertz CT molecular complexity index is 666. The molecule has 1 unspecified atom stereocenters. The third kappa shape index (κ3) is 3.74. The van der Waals surface area contributed by atoms with Gasteiger partial charge in [-0.15, -0.1) is 0 Å². The van der Waals surface area contributed by atoms with Gasteiger partial charge < -0.3 is 4.74 Å². The largest absolute Gasteiger partial charge is 0.433 e. The van der Waals surface area contributed by atoms with Gasteiger partial charge in [0.2, 0.25) is 0 Å². The molecule has 1 aromatic rings. The predicted octanol–water partition coefficient (Wildman–Crippen LogP) is 3.46. The fourth-order valence-corrected chi connectivity index (χ4v) is 5.34. The Labute approximate surface area is 156 Å². The van der Waals surface area contributed by atoms with Gasteiger partial charge in [-0.3, -0.25) is 4.90 Å². The van der Waals surface area contributed by atoms with E-state index in [2.05, 4.69) is 14.2 Å². The molecule has 1 atom stereocenters. The average Bonchev–Trinajstić information content (AvgIpc) is 3.32. The van der Waals surface area contributed by atoms with Crippen LogP contribution < -0.4 is 0 Å². The van der Waals surface area contributed by atoms with E-state index in [1.165, 1.54) is 30.9 Å². The smallest absolute Gasteiger partial charge is 0.380 e. The van der Waals surface area contributed by atoms with Crippen molar-refractivity contribution >= 4 is 11.9 Å². The van der Waals surface area contributed by atoms with Gasteiger partial charge in [0.25, 0.3) is 0 Å². The molecular formula is C18H24F3N3OS. The highest BCUT2D eigenvalue weighted by Crippen LogP contribution is 2.45. The van der Waals surface area contributed by atoms with Gasteiger partial charge >= 0.3 is 6.18 Å². The zero-order chi connectivity index (χ0) is 18.5. The van der Waals surface area contributed by atoms with E-state index in [1.54, 1.807) is 14.0 Å². The van der Waals surface area contributed by atoms with E-state index in [0.29, 0.717) is 17.2 Å². The number of hydrogen-bond acceptors (Lipinski definition) is 5. The maximum absolute atomic E-state index is 12.7. The van der Waals surface area contributed by atoms with E-state index >= 15 is 0 Å². The Morgan fingerprint density at radius 1 is 1.27 bits per heavy atom. The SMILES string of the molecule is COC(CN1CC2(C1)CN(Sc1ccc(C(F)(F)F)nc1C)C2)C1CC1. The van der Waals surface area contributed by atoms with Gasteiger partial charge in [-0.2, -0.15) is 13.2 Å². The number of hydrogen-bond donors (Lipinski definition) is 0. The maximum atomic E-state index is 12.7. The summed E-state index contributed by atoms with van der Waals surface area (Å²) in [7, 11) is 1.81. The van der Waals surface area contributed by atoms with Gasteiger partial charge in [0.1, 0.15) is 5.69 Å². The number of methoxy groups -OCH3 is 1. The first kappa shape index (κ1) is 18.5. The van der Waals surface area contributed by atoms with Crippen molar-refractivity contribution in [2.75, 3.05) is 39.8 Å². The molecule has 1 aliphatic carbocycles. The molecule has 3 heterocycles. The van der Waals surface area contributed by atoms with Crippen LogP contribution in [0.25, 0.3) is 0 Å². The summed E-state index contributed by atoms with van der Waals surface area (Å²) in [6.07, 6.45) is -1.42. The number of aromatic nitrogens is 1. The quantitative estimate of drug-likeness (QED) is 0.698. The lowest BCUT2D eigenvalue weighted by molar-refractivity contribution is -0.141. The van der Waals surface area contributed by atoms with E-state index in [1.807, 2.05) is 0 Å². The third-order valence-electron chi connectivity index (χ3n) is 5.59. The standard InChI is InChI=1S/C18H24F3N3OS/c1-12-15(5-6-16(22-12)18(19,20)21)26-24-10-17(11-24)8-23(9-17)7-14(25-2)13-3-4-13/h5-6,13-14H,3-4,7-11H2,1-2H3. The van der Waals surface area contributed by atoms with Crippen molar-refractivity contribution in [3.05, 3.63) is 23.5 Å². The van der Waals surface area contributed by atoms with Crippen LogP contribution in [0.5, 0.6) is 0 Å². The summed E-state index contributed by atoms with van der Waals surface area (Å²) in [6, 6.07) is 2.60. The van der Waals surface area contributed by atoms with E-state index in [4.69, 9.17) is 4.74 Å². The minimum atomic E-state index is -4.38. The minimum absolute atomic E-state index is 0.363. The Balaban J connectivity index is 1.25. The van der Waals surface area contributed by atoms with E-state index in [0.717, 1.165) is 49.6 Å². The molecular weight excluding hydrogens is 363 g/mol. The van der Waals surface area contributed by atoms with Crippen molar-refractivity contribution in [3.8, 4) is 0 Å². The summed E-state index contributed by atoms with van der Waals surface area (Å²) in [5.41, 5.74) is -0.0203. The van der Waals surface area contributed by atoms with Crippen molar-refractivity contribution in [1.82, 2.24) is 14.2 Å². The first-order valence-corrected chi connectivity index (χ1v) is 9.78. The molecule has 1 aromatic heterocycles. The maximum Gasteiger partial charge on any atom is 0.433 e. The molecule has 4 nitrogen and oxygen atoms in total. The van der Waals surface area contributed by atoms with Gasteiger partial charge in [-0.25, -0.2) is 9.29 Å². The third-order valence-corrected chi connectivity index (χ3v) is 6.73. The molecule has 3 fully saturated rings. The van der Waals surface area contributed by atoms with Gasteiger partial charge in [-0.05, 0) is 49.8 Å². The van der Waals surface area contributed by atoms with Gasteiger partial charge in [0.15, 0.2) is 0 Å². The van der Waals surface area contributed by atoms with Crippen LogP contribution in [0, 0.1) is 18.3 Å². The zero-order valence-electron chi connectivity index (χ0n) is 15.1.